The van der Waals surface area contributed by atoms with E-state index in [1.807, 2.05) is 51.1 Å². The van der Waals surface area contributed by atoms with Crippen LogP contribution >= 0.6 is 0 Å². The minimum absolute atomic E-state index is 0.0107. The maximum atomic E-state index is 13.7. The maximum absolute atomic E-state index is 13.7. The maximum Gasteiger partial charge on any atom is 0.315 e. The second-order valence-electron chi connectivity index (χ2n) is 9.10. The smallest absolute Gasteiger partial charge is 0.315 e. The number of hydrogen-bond donors (Lipinski definition) is 0. The van der Waals surface area contributed by atoms with Crippen LogP contribution in [0, 0.1) is 5.92 Å². The molecule has 4 rings (SSSR count). The summed E-state index contributed by atoms with van der Waals surface area (Å²) in [5.41, 5.74) is 3.86. The Balaban J connectivity index is 1.85. The molecule has 1 aliphatic heterocycles. The number of ketones is 1. The highest BCUT2D eigenvalue weighted by molar-refractivity contribution is 6.09. The number of methoxy groups -OCH3 is 2. The van der Waals surface area contributed by atoms with Crippen molar-refractivity contribution in [2.75, 3.05) is 14.2 Å². The number of nitrogens with zero attached hydrogens (tertiary/aromatic N) is 1. The van der Waals surface area contributed by atoms with Crippen molar-refractivity contribution in [1.29, 1.82) is 0 Å². The fraction of sp³-hybridized carbons (Fsp3) is 0.393. The molecule has 2 aromatic rings. The lowest BCUT2D eigenvalue weighted by molar-refractivity contribution is -0.150. The van der Waals surface area contributed by atoms with Crippen molar-refractivity contribution in [1.82, 2.24) is 0 Å². The summed E-state index contributed by atoms with van der Waals surface area (Å²) in [4.78, 5) is 31.8. The number of rotatable bonds is 6. The zero-order valence-corrected chi connectivity index (χ0v) is 20.3. The molecule has 1 heterocycles. The van der Waals surface area contributed by atoms with E-state index in [-0.39, 0.29) is 23.8 Å². The van der Waals surface area contributed by atoms with Crippen LogP contribution in [0.5, 0.6) is 11.5 Å². The van der Waals surface area contributed by atoms with Crippen molar-refractivity contribution in [3.8, 4) is 11.5 Å². The highest BCUT2D eigenvalue weighted by atomic mass is 16.5. The van der Waals surface area contributed by atoms with Gasteiger partial charge in [0.1, 0.15) is 17.4 Å². The molecule has 6 heteroatoms. The third-order valence-corrected chi connectivity index (χ3v) is 6.54. The molecule has 0 spiro atoms. The number of allylic oxidation sites excluding steroid dienone is 2. The number of carbonyl (C=O) groups excluding carboxylic acids is 2. The Morgan fingerprint density at radius 2 is 1.76 bits per heavy atom. The summed E-state index contributed by atoms with van der Waals surface area (Å²) in [5, 5.41) is 0. The van der Waals surface area contributed by atoms with Gasteiger partial charge in [-0.25, -0.2) is 0 Å². The summed E-state index contributed by atoms with van der Waals surface area (Å²) >= 11 is 0. The molecule has 1 unspecified atom stereocenters. The number of aliphatic imine (C=N–C) groups is 1. The number of Topliss-reactive ketones (excluding diaryl/α,β-unsaturated/α-hetero) is 1. The second-order valence-corrected chi connectivity index (χ2v) is 9.10. The second kappa shape index (κ2) is 9.84. The summed E-state index contributed by atoms with van der Waals surface area (Å²) in [6, 6.07) is 15.5. The molecular formula is C28H31NO5. The summed E-state index contributed by atoms with van der Waals surface area (Å²) < 4.78 is 16.7. The van der Waals surface area contributed by atoms with Gasteiger partial charge in [-0.2, -0.15) is 0 Å². The van der Waals surface area contributed by atoms with Crippen LogP contribution in [-0.4, -0.2) is 37.8 Å². The Kier molecular flexibility index (Phi) is 6.87. The van der Waals surface area contributed by atoms with Gasteiger partial charge in [0.2, 0.25) is 0 Å². The third-order valence-electron chi connectivity index (χ3n) is 6.54. The van der Waals surface area contributed by atoms with Gasteiger partial charge in [-0.3, -0.25) is 14.6 Å². The molecule has 0 radical (unpaired) electrons. The van der Waals surface area contributed by atoms with Crippen LogP contribution < -0.4 is 9.47 Å². The molecule has 2 aromatic carbocycles. The Hall–Kier alpha value is -3.41. The number of esters is 1. The standard InChI is InChI=1S/C28H31NO5/c1-16(2)34-28(31)25-17(3)29-22-13-19(18-9-7-6-8-10-18)14-23(30)27(22)26(25)21-12-11-20(32-4)15-24(21)33-5/h6-12,15-16,19,25-26H,13-14H2,1-5H3/t19-,25?,26+/m1/s1. The fourth-order valence-electron chi connectivity index (χ4n) is 5.04. The Morgan fingerprint density at radius 3 is 2.41 bits per heavy atom. The Morgan fingerprint density at radius 1 is 1.03 bits per heavy atom. The van der Waals surface area contributed by atoms with Gasteiger partial charge in [0.25, 0.3) is 0 Å². The minimum Gasteiger partial charge on any atom is -0.497 e. The van der Waals surface area contributed by atoms with Crippen molar-refractivity contribution in [2.45, 2.75) is 51.6 Å². The van der Waals surface area contributed by atoms with Gasteiger partial charge in [-0.1, -0.05) is 36.4 Å². The van der Waals surface area contributed by atoms with E-state index in [0.29, 0.717) is 35.6 Å². The predicted molar refractivity (Wildman–Crippen MR) is 131 cm³/mol. The van der Waals surface area contributed by atoms with Crippen molar-refractivity contribution < 1.29 is 23.8 Å². The van der Waals surface area contributed by atoms with Gasteiger partial charge in [0.05, 0.1) is 20.3 Å². The number of carbonyl (C=O) groups is 2. The van der Waals surface area contributed by atoms with Crippen LogP contribution in [0.2, 0.25) is 0 Å². The highest BCUT2D eigenvalue weighted by Gasteiger charge is 2.46. The monoisotopic (exact) mass is 461 g/mol. The Bertz CT molecular complexity index is 1150. The van der Waals surface area contributed by atoms with Crippen LogP contribution in [0.15, 0.2) is 64.8 Å². The van der Waals surface area contributed by atoms with E-state index >= 15 is 0 Å². The van der Waals surface area contributed by atoms with E-state index in [1.165, 1.54) is 0 Å². The van der Waals surface area contributed by atoms with Gasteiger partial charge in [0, 0.05) is 41.0 Å². The molecule has 1 aliphatic carbocycles. The van der Waals surface area contributed by atoms with Crippen LogP contribution in [0.4, 0.5) is 0 Å². The van der Waals surface area contributed by atoms with Crippen molar-refractivity contribution in [3.63, 3.8) is 0 Å². The first-order chi connectivity index (χ1) is 16.3. The first-order valence-corrected chi connectivity index (χ1v) is 11.6. The normalized spacial score (nSPS) is 22.2. The van der Waals surface area contributed by atoms with Gasteiger partial charge < -0.3 is 14.2 Å². The molecule has 0 bridgehead atoms. The van der Waals surface area contributed by atoms with Gasteiger partial charge in [-0.15, -0.1) is 0 Å². The summed E-state index contributed by atoms with van der Waals surface area (Å²) in [6.45, 7) is 5.48. The summed E-state index contributed by atoms with van der Waals surface area (Å²) in [7, 11) is 3.16. The van der Waals surface area contributed by atoms with Crippen molar-refractivity contribution in [3.05, 3.63) is 70.9 Å². The van der Waals surface area contributed by atoms with Crippen LogP contribution in [0.25, 0.3) is 0 Å². The number of ether oxygens (including phenoxy) is 3. The molecule has 34 heavy (non-hydrogen) atoms. The van der Waals surface area contributed by atoms with E-state index in [0.717, 1.165) is 16.8 Å². The van der Waals surface area contributed by atoms with Gasteiger partial charge >= 0.3 is 5.97 Å². The Labute approximate surface area is 200 Å². The molecule has 0 saturated carbocycles. The topological polar surface area (TPSA) is 74.2 Å². The molecule has 0 saturated heterocycles. The van der Waals surface area contributed by atoms with Gasteiger partial charge in [-0.05, 0) is 44.7 Å². The van der Waals surface area contributed by atoms with Crippen molar-refractivity contribution >= 4 is 17.5 Å². The van der Waals surface area contributed by atoms with E-state index < -0.39 is 11.8 Å². The molecule has 0 aromatic heterocycles. The predicted octanol–water partition coefficient (Wildman–Crippen LogP) is 5.23. The lowest BCUT2D eigenvalue weighted by atomic mass is 9.69. The van der Waals surface area contributed by atoms with E-state index in [9.17, 15) is 9.59 Å². The molecule has 178 valence electrons. The van der Waals surface area contributed by atoms with Crippen LogP contribution in [0.1, 0.15) is 56.6 Å². The third kappa shape index (κ3) is 4.49. The van der Waals surface area contributed by atoms with E-state index in [4.69, 9.17) is 19.2 Å². The van der Waals surface area contributed by atoms with Crippen LogP contribution in [0.3, 0.4) is 0 Å². The zero-order chi connectivity index (χ0) is 24.4. The first kappa shape index (κ1) is 23.7. The molecule has 6 nitrogen and oxygen atoms in total. The lowest BCUT2D eigenvalue weighted by Gasteiger charge is -2.37. The molecule has 0 N–H and O–H groups in total. The van der Waals surface area contributed by atoms with Gasteiger partial charge in [0.15, 0.2) is 5.78 Å². The SMILES string of the molecule is COc1ccc([C@@H]2C3=C(C[C@@H](c4ccccc4)CC3=O)N=C(C)C2C(=O)OC(C)C)c(OC)c1. The average molecular weight is 462 g/mol. The molecule has 2 aliphatic rings. The largest absolute Gasteiger partial charge is 0.497 e. The molecule has 3 atom stereocenters. The summed E-state index contributed by atoms with van der Waals surface area (Å²) in [6.07, 6.45) is 0.736. The number of benzene rings is 2. The molecule has 0 fully saturated rings. The van der Waals surface area contributed by atoms with Crippen molar-refractivity contribution in [2.24, 2.45) is 10.9 Å². The quantitative estimate of drug-likeness (QED) is 0.551. The first-order valence-electron chi connectivity index (χ1n) is 11.6. The van der Waals surface area contributed by atoms with E-state index in [2.05, 4.69) is 12.1 Å². The fourth-order valence-corrected chi connectivity index (χ4v) is 5.04. The number of hydrogen-bond acceptors (Lipinski definition) is 6. The van der Waals surface area contributed by atoms with E-state index in [1.54, 1.807) is 20.3 Å². The average Bonchev–Trinajstić information content (AvgIpc) is 2.82. The molecular weight excluding hydrogens is 430 g/mol. The molecule has 0 amide bonds. The highest BCUT2D eigenvalue weighted by Crippen LogP contribution is 2.49. The lowest BCUT2D eigenvalue weighted by Crippen LogP contribution is -2.39. The zero-order valence-electron chi connectivity index (χ0n) is 20.3. The van der Waals surface area contributed by atoms with Crippen LogP contribution in [-0.2, 0) is 14.3 Å². The summed E-state index contributed by atoms with van der Waals surface area (Å²) in [5.74, 6) is -0.367. The minimum atomic E-state index is -0.708.